The topological polar surface area (TPSA) is 76.1 Å². The van der Waals surface area contributed by atoms with Gasteiger partial charge in [-0.3, -0.25) is 4.79 Å². The molecule has 2 heterocycles. The number of carbonyl (C=O) groups is 2. The van der Waals surface area contributed by atoms with E-state index in [9.17, 15) is 9.59 Å². The van der Waals surface area contributed by atoms with E-state index < -0.39 is 12.0 Å². The zero-order valence-electron chi connectivity index (χ0n) is 10.2. The number of carbonyl (C=O) groups excluding carboxylic acids is 1. The molecule has 0 radical (unpaired) electrons. The maximum Gasteiger partial charge on any atom is 0.326 e. The van der Waals surface area contributed by atoms with E-state index >= 15 is 0 Å². The molecule has 100 valence electrons. The lowest BCUT2D eigenvalue weighted by Crippen LogP contribution is -2.40. The van der Waals surface area contributed by atoms with Crippen molar-refractivity contribution in [3.05, 3.63) is 23.8 Å². The number of carboxylic acids is 1. The summed E-state index contributed by atoms with van der Waals surface area (Å²) in [6.07, 6.45) is 1.22. The highest BCUT2D eigenvalue weighted by Gasteiger charge is 2.34. The predicted octanol–water partition coefficient (Wildman–Crippen LogP) is 1.10. The first kappa shape index (κ1) is 11.8. The standard InChI is InChI=1S/C13H13NO5/c15-12(14-5-1-2-9(14)13(16)17)8-3-4-10-11(6-8)19-7-18-10/h3-4,6,9H,1-2,5,7H2,(H,16,17)/t9-/m0/s1. The number of likely N-dealkylation sites (tertiary alicyclic amines) is 1. The number of amides is 1. The Balaban J connectivity index is 1.85. The number of aliphatic carboxylic acids is 1. The Bertz CT molecular complexity index is 542. The van der Waals surface area contributed by atoms with Crippen molar-refractivity contribution in [3.63, 3.8) is 0 Å². The fourth-order valence-corrected chi connectivity index (χ4v) is 2.46. The number of carboxylic acid groups (broad SMARTS) is 1. The molecule has 0 aliphatic carbocycles. The summed E-state index contributed by atoms with van der Waals surface area (Å²) >= 11 is 0. The zero-order chi connectivity index (χ0) is 13.4. The second-order valence-electron chi connectivity index (χ2n) is 4.56. The number of rotatable bonds is 2. The summed E-state index contributed by atoms with van der Waals surface area (Å²) in [6.45, 7) is 0.624. The van der Waals surface area contributed by atoms with Crippen LogP contribution in [0.25, 0.3) is 0 Å². The van der Waals surface area contributed by atoms with Crippen molar-refractivity contribution < 1.29 is 24.2 Å². The Morgan fingerprint density at radius 1 is 1.26 bits per heavy atom. The third-order valence-corrected chi connectivity index (χ3v) is 3.42. The van der Waals surface area contributed by atoms with E-state index in [2.05, 4.69) is 0 Å². The van der Waals surface area contributed by atoms with Gasteiger partial charge in [-0.15, -0.1) is 0 Å². The minimum absolute atomic E-state index is 0.147. The van der Waals surface area contributed by atoms with Gasteiger partial charge < -0.3 is 19.5 Å². The number of hydrogen-bond donors (Lipinski definition) is 1. The molecule has 0 spiro atoms. The third-order valence-electron chi connectivity index (χ3n) is 3.42. The van der Waals surface area contributed by atoms with Crippen LogP contribution in [0.5, 0.6) is 11.5 Å². The van der Waals surface area contributed by atoms with E-state index in [0.29, 0.717) is 36.4 Å². The normalized spacial score (nSPS) is 20.6. The Morgan fingerprint density at radius 2 is 2.05 bits per heavy atom. The number of fused-ring (bicyclic) bond motifs is 1. The summed E-state index contributed by atoms with van der Waals surface area (Å²) in [5.41, 5.74) is 0.428. The smallest absolute Gasteiger partial charge is 0.326 e. The van der Waals surface area contributed by atoms with Crippen molar-refractivity contribution in [2.45, 2.75) is 18.9 Å². The average molecular weight is 263 g/mol. The summed E-state index contributed by atoms with van der Waals surface area (Å²) in [7, 11) is 0. The third kappa shape index (κ3) is 1.99. The van der Waals surface area contributed by atoms with Gasteiger partial charge in [-0.25, -0.2) is 4.79 Å². The number of benzene rings is 1. The molecule has 1 saturated heterocycles. The van der Waals surface area contributed by atoms with Crippen molar-refractivity contribution in [3.8, 4) is 11.5 Å². The maximum atomic E-state index is 12.3. The van der Waals surface area contributed by atoms with Crippen LogP contribution < -0.4 is 9.47 Å². The van der Waals surface area contributed by atoms with Gasteiger partial charge in [-0.05, 0) is 31.0 Å². The maximum absolute atomic E-state index is 12.3. The Labute approximate surface area is 109 Å². The van der Waals surface area contributed by atoms with E-state index in [4.69, 9.17) is 14.6 Å². The minimum atomic E-state index is -0.952. The van der Waals surface area contributed by atoms with Gasteiger partial charge in [0, 0.05) is 12.1 Å². The Hall–Kier alpha value is -2.24. The highest BCUT2D eigenvalue weighted by Crippen LogP contribution is 2.33. The van der Waals surface area contributed by atoms with E-state index in [-0.39, 0.29) is 12.7 Å². The van der Waals surface area contributed by atoms with Crippen molar-refractivity contribution in [1.82, 2.24) is 4.90 Å². The second-order valence-corrected chi connectivity index (χ2v) is 4.56. The number of hydrogen-bond acceptors (Lipinski definition) is 4. The van der Waals surface area contributed by atoms with Crippen LogP contribution in [0.2, 0.25) is 0 Å². The van der Waals surface area contributed by atoms with Gasteiger partial charge in [0.05, 0.1) is 0 Å². The zero-order valence-corrected chi connectivity index (χ0v) is 10.2. The highest BCUT2D eigenvalue weighted by molar-refractivity contribution is 5.97. The van der Waals surface area contributed by atoms with E-state index in [0.717, 1.165) is 0 Å². The molecule has 1 aromatic carbocycles. The van der Waals surface area contributed by atoms with Gasteiger partial charge >= 0.3 is 5.97 Å². The highest BCUT2D eigenvalue weighted by atomic mass is 16.7. The van der Waals surface area contributed by atoms with Crippen molar-refractivity contribution >= 4 is 11.9 Å². The van der Waals surface area contributed by atoms with Crippen molar-refractivity contribution in [1.29, 1.82) is 0 Å². The summed E-state index contributed by atoms with van der Waals surface area (Å²) in [6, 6.07) is 4.18. The summed E-state index contributed by atoms with van der Waals surface area (Å²) in [5, 5.41) is 9.10. The Kier molecular flexibility index (Phi) is 2.77. The molecule has 1 atom stereocenters. The van der Waals surface area contributed by atoms with E-state index in [1.807, 2.05) is 0 Å². The molecule has 0 bridgehead atoms. The molecule has 6 heteroatoms. The van der Waals surface area contributed by atoms with Crippen LogP contribution in [0, 0.1) is 0 Å². The molecule has 0 unspecified atom stereocenters. The van der Waals surface area contributed by atoms with Crippen LogP contribution in [0.3, 0.4) is 0 Å². The average Bonchev–Trinajstić information content (AvgIpc) is 3.05. The van der Waals surface area contributed by atoms with Gasteiger partial charge in [0.1, 0.15) is 6.04 Å². The fourth-order valence-electron chi connectivity index (χ4n) is 2.46. The molecule has 1 N–H and O–H groups in total. The largest absolute Gasteiger partial charge is 0.480 e. The molecule has 3 rings (SSSR count). The monoisotopic (exact) mass is 263 g/mol. The number of nitrogens with zero attached hydrogens (tertiary/aromatic N) is 1. The Morgan fingerprint density at radius 3 is 2.84 bits per heavy atom. The predicted molar refractivity (Wildman–Crippen MR) is 64.3 cm³/mol. The molecule has 1 fully saturated rings. The first-order chi connectivity index (χ1) is 9.16. The summed E-state index contributed by atoms with van der Waals surface area (Å²) < 4.78 is 10.4. The first-order valence-corrected chi connectivity index (χ1v) is 6.10. The van der Waals surface area contributed by atoms with Gasteiger partial charge in [0.15, 0.2) is 11.5 Å². The molecular weight excluding hydrogens is 250 g/mol. The van der Waals surface area contributed by atoms with Crippen LogP contribution in [0.4, 0.5) is 0 Å². The molecule has 1 aromatic rings. The molecular formula is C13H13NO5. The second kappa shape index (κ2) is 4.46. The van der Waals surface area contributed by atoms with Crippen LogP contribution in [-0.2, 0) is 4.79 Å². The molecule has 0 saturated carbocycles. The van der Waals surface area contributed by atoms with E-state index in [1.165, 1.54) is 4.90 Å². The lowest BCUT2D eigenvalue weighted by molar-refractivity contribution is -0.141. The lowest BCUT2D eigenvalue weighted by atomic mass is 10.1. The van der Waals surface area contributed by atoms with Gasteiger partial charge in [-0.1, -0.05) is 0 Å². The lowest BCUT2D eigenvalue weighted by Gasteiger charge is -2.21. The first-order valence-electron chi connectivity index (χ1n) is 6.10. The molecule has 19 heavy (non-hydrogen) atoms. The van der Waals surface area contributed by atoms with Crippen molar-refractivity contribution in [2.24, 2.45) is 0 Å². The van der Waals surface area contributed by atoms with Crippen LogP contribution in [0.1, 0.15) is 23.2 Å². The quantitative estimate of drug-likeness (QED) is 0.864. The van der Waals surface area contributed by atoms with Crippen LogP contribution >= 0.6 is 0 Å². The van der Waals surface area contributed by atoms with E-state index in [1.54, 1.807) is 18.2 Å². The minimum Gasteiger partial charge on any atom is -0.480 e. The molecule has 0 aromatic heterocycles. The van der Waals surface area contributed by atoms with Crippen molar-refractivity contribution in [2.75, 3.05) is 13.3 Å². The van der Waals surface area contributed by atoms with Gasteiger partial charge in [0.2, 0.25) is 6.79 Å². The molecule has 1 amide bonds. The SMILES string of the molecule is O=C(O)[C@@H]1CCCN1C(=O)c1ccc2c(c1)OCO2. The van der Waals surface area contributed by atoms with Crippen LogP contribution in [0.15, 0.2) is 18.2 Å². The molecule has 2 aliphatic rings. The summed E-state index contributed by atoms with van der Waals surface area (Å²) in [5.74, 6) is -0.0977. The fraction of sp³-hybridized carbons (Fsp3) is 0.385. The summed E-state index contributed by atoms with van der Waals surface area (Å²) in [4.78, 5) is 24.8. The van der Waals surface area contributed by atoms with Gasteiger partial charge in [0.25, 0.3) is 5.91 Å². The molecule has 6 nitrogen and oxygen atoms in total. The number of ether oxygens (including phenoxy) is 2. The molecule has 2 aliphatic heterocycles. The van der Waals surface area contributed by atoms with Crippen LogP contribution in [-0.4, -0.2) is 41.3 Å². The van der Waals surface area contributed by atoms with Gasteiger partial charge in [-0.2, -0.15) is 0 Å².